The highest BCUT2D eigenvalue weighted by atomic mass is 16.5. The number of rotatable bonds is 2. The Labute approximate surface area is 115 Å². The lowest BCUT2D eigenvalue weighted by Crippen LogP contribution is -1.94. The molecule has 0 spiro atoms. The van der Waals surface area contributed by atoms with Gasteiger partial charge in [-0.15, -0.1) is 6.58 Å². The highest BCUT2D eigenvalue weighted by Gasteiger charge is 2.04. The Morgan fingerprint density at radius 3 is 2.26 bits per heavy atom. The van der Waals surface area contributed by atoms with Crippen LogP contribution < -0.4 is 4.74 Å². The molecule has 0 fully saturated rings. The first kappa shape index (κ1) is 14.9. The van der Waals surface area contributed by atoms with Crippen molar-refractivity contribution in [3.05, 3.63) is 54.5 Å². The van der Waals surface area contributed by atoms with Crippen LogP contribution in [0.2, 0.25) is 0 Å². The average Bonchev–Trinajstić information content (AvgIpc) is 2.43. The maximum Gasteiger partial charge on any atom is 0.125 e. The van der Waals surface area contributed by atoms with Crippen molar-refractivity contribution in [3.63, 3.8) is 0 Å². The summed E-state index contributed by atoms with van der Waals surface area (Å²) < 4.78 is 5.13. The van der Waals surface area contributed by atoms with Gasteiger partial charge in [-0.1, -0.05) is 6.08 Å². The van der Waals surface area contributed by atoms with Crippen LogP contribution in [0.25, 0.3) is 11.3 Å². The maximum atomic E-state index is 5.13. The van der Waals surface area contributed by atoms with E-state index in [0.717, 1.165) is 28.4 Å². The van der Waals surface area contributed by atoms with E-state index in [1.54, 1.807) is 13.2 Å². The van der Waals surface area contributed by atoms with Gasteiger partial charge in [0, 0.05) is 11.8 Å². The summed E-state index contributed by atoms with van der Waals surface area (Å²) in [5.74, 6) is 1.64. The molecule has 1 aromatic heterocycles. The Bertz CT molecular complexity index is 533. The average molecular weight is 256 g/mol. The van der Waals surface area contributed by atoms with Gasteiger partial charge < -0.3 is 4.74 Å². The molecule has 0 unspecified atom stereocenters. The van der Waals surface area contributed by atoms with Crippen LogP contribution in [0, 0.1) is 13.8 Å². The lowest BCUT2D eigenvalue weighted by Gasteiger charge is -2.06. The fraction of sp³-hybridized carbons (Fsp3) is 0.250. The minimum Gasteiger partial charge on any atom is -0.497 e. The molecular formula is C16H20N2O. The molecule has 0 aliphatic heterocycles. The molecule has 1 heterocycles. The van der Waals surface area contributed by atoms with E-state index in [1.807, 2.05) is 51.2 Å². The summed E-state index contributed by atoms with van der Waals surface area (Å²) >= 11 is 0. The fourth-order valence-electron chi connectivity index (χ4n) is 1.57. The number of aromatic nitrogens is 2. The summed E-state index contributed by atoms with van der Waals surface area (Å²) in [7, 11) is 1.66. The van der Waals surface area contributed by atoms with Gasteiger partial charge >= 0.3 is 0 Å². The fourth-order valence-corrected chi connectivity index (χ4v) is 1.57. The molecule has 1 aromatic carbocycles. The van der Waals surface area contributed by atoms with E-state index in [9.17, 15) is 0 Å². The Hall–Kier alpha value is -2.16. The smallest absolute Gasteiger partial charge is 0.125 e. The van der Waals surface area contributed by atoms with E-state index in [0.29, 0.717) is 0 Å². The van der Waals surface area contributed by atoms with Crippen LogP contribution in [0.4, 0.5) is 0 Å². The van der Waals surface area contributed by atoms with Crippen molar-refractivity contribution in [2.75, 3.05) is 7.11 Å². The number of hydrogen-bond acceptors (Lipinski definition) is 3. The van der Waals surface area contributed by atoms with E-state index >= 15 is 0 Å². The zero-order valence-corrected chi connectivity index (χ0v) is 12.0. The van der Waals surface area contributed by atoms with Crippen LogP contribution >= 0.6 is 0 Å². The van der Waals surface area contributed by atoms with Crippen LogP contribution in [-0.2, 0) is 0 Å². The molecule has 0 bridgehead atoms. The van der Waals surface area contributed by atoms with Gasteiger partial charge in [-0.3, -0.25) is 0 Å². The first-order valence-electron chi connectivity index (χ1n) is 6.14. The Morgan fingerprint density at radius 1 is 1.16 bits per heavy atom. The minimum atomic E-state index is 0.788. The van der Waals surface area contributed by atoms with Crippen LogP contribution in [0.3, 0.4) is 0 Å². The highest BCUT2D eigenvalue weighted by molar-refractivity contribution is 5.63. The lowest BCUT2D eigenvalue weighted by molar-refractivity contribution is 0.415. The van der Waals surface area contributed by atoms with Crippen molar-refractivity contribution in [2.45, 2.75) is 20.8 Å². The normalized spacial score (nSPS) is 9.26. The van der Waals surface area contributed by atoms with E-state index < -0.39 is 0 Å². The van der Waals surface area contributed by atoms with E-state index in [-0.39, 0.29) is 0 Å². The SMILES string of the molecule is C=CC.COc1ccc(-c2nc(C)ncc2C)cc1. The summed E-state index contributed by atoms with van der Waals surface area (Å²) in [6.07, 6.45) is 3.60. The quantitative estimate of drug-likeness (QED) is 0.763. The van der Waals surface area contributed by atoms with Crippen molar-refractivity contribution < 1.29 is 4.74 Å². The monoisotopic (exact) mass is 256 g/mol. The topological polar surface area (TPSA) is 35.0 Å². The van der Waals surface area contributed by atoms with Crippen molar-refractivity contribution >= 4 is 0 Å². The Kier molecular flexibility index (Phi) is 5.73. The standard InChI is InChI=1S/C13H14N2O.C3H6/c1-9-8-14-10(2)15-13(9)11-4-6-12(16-3)7-5-11;1-3-2/h4-8H,1-3H3;3H,1H2,2H3. The zero-order chi connectivity index (χ0) is 14.3. The summed E-state index contributed by atoms with van der Waals surface area (Å²) in [6.45, 7) is 9.16. The number of benzene rings is 1. The second-order valence-electron chi connectivity index (χ2n) is 4.09. The van der Waals surface area contributed by atoms with Gasteiger partial charge in [0.25, 0.3) is 0 Å². The van der Waals surface area contributed by atoms with Crippen molar-refractivity contribution in [2.24, 2.45) is 0 Å². The molecular weight excluding hydrogens is 236 g/mol. The predicted molar refractivity (Wildman–Crippen MR) is 79.4 cm³/mol. The summed E-state index contributed by atoms with van der Waals surface area (Å²) in [5.41, 5.74) is 3.15. The van der Waals surface area contributed by atoms with E-state index in [2.05, 4.69) is 16.5 Å². The molecule has 3 heteroatoms. The molecule has 2 aromatic rings. The molecule has 0 aliphatic rings. The summed E-state index contributed by atoms with van der Waals surface area (Å²) in [4.78, 5) is 8.61. The highest BCUT2D eigenvalue weighted by Crippen LogP contribution is 2.22. The van der Waals surface area contributed by atoms with Crippen LogP contribution in [-0.4, -0.2) is 17.1 Å². The van der Waals surface area contributed by atoms with Gasteiger partial charge in [-0.05, 0) is 50.6 Å². The molecule has 3 nitrogen and oxygen atoms in total. The number of methoxy groups -OCH3 is 1. The molecule has 0 aliphatic carbocycles. The van der Waals surface area contributed by atoms with Gasteiger partial charge in [0.15, 0.2) is 0 Å². The second kappa shape index (κ2) is 7.31. The first-order valence-corrected chi connectivity index (χ1v) is 6.14. The summed E-state index contributed by atoms with van der Waals surface area (Å²) in [5, 5.41) is 0. The molecule has 2 rings (SSSR count). The molecule has 0 amide bonds. The van der Waals surface area contributed by atoms with Gasteiger partial charge in [0.05, 0.1) is 12.8 Å². The van der Waals surface area contributed by atoms with Crippen molar-refractivity contribution in [1.82, 2.24) is 9.97 Å². The van der Waals surface area contributed by atoms with Crippen LogP contribution in [0.5, 0.6) is 5.75 Å². The minimum absolute atomic E-state index is 0.788. The van der Waals surface area contributed by atoms with Gasteiger partial charge in [-0.2, -0.15) is 0 Å². The Morgan fingerprint density at radius 2 is 1.74 bits per heavy atom. The number of aryl methyl sites for hydroxylation is 2. The Balaban J connectivity index is 0.000000550. The number of ether oxygens (including phenoxy) is 1. The summed E-state index contributed by atoms with van der Waals surface area (Å²) in [6, 6.07) is 7.89. The first-order chi connectivity index (χ1) is 9.12. The number of nitrogens with zero attached hydrogens (tertiary/aromatic N) is 2. The molecule has 0 saturated heterocycles. The third-order valence-corrected chi connectivity index (χ3v) is 2.46. The van der Waals surface area contributed by atoms with Crippen molar-refractivity contribution in [3.8, 4) is 17.0 Å². The van der Waals surface area contributed by atoms with Crippen LogP contribution in [0.1, 0.15) is 18.3 Å². The predicted octanol–water partition coefficient (Wildman–Crippen LogP) is 3.96. The van der Waals surface area contributed by atoms with E-state index in [4.69, 9.17) is 4.74 Å². The second-order valence-corrected chi connectivity index (χ2v) is 4.09. The third-order valence-electron chi connectivity index (χ3n) is 2.46. The molecule has 0 atom stereocenters. The van der Waals surface area contributed by atoms with E-state index in [1.165, 1.54) is 0 Å². The largest absolute Gasteiger partial charge is 0.497 e. The molecule has 0 radical (unpaired) electrons. The number of allylic oxidation sites excluding steroid dienone is 1. The lowest BCUT2D eigenvalue weighted by atomic mass is 10.1. The maximum absolute atomic E-state index is 5.13. The van der Waals surface area contributed by atoms with Crippen LogP contribution in [0.15, 0.2) is 43.1 Å². The number of hydrogen-bond donors (Lipinski definition) is 0. The zero-order valence-electron chi connectivity index (χ0n) is 12.0. The van der Waals surface area contributed by atoms with Gasteiger partial charge in [0.1, 0.15) is 11.6 Å². The van der Waals surface area contributed by atoms with Gasteiger partial charge in [-0.25, -0.2) is 9.97 Å². The molecule has 0 saturated carbocycles. The van der Waals surface area contributed by atoms with Gasteiger partial charge in [0.2, 0.25) is 0 Å². The molecule has 100 valence electrons. The molecule has 0 N–H and O–H groups in total. The third kappa shape index (κ3) is 4.21. The molecule has 19 heavy (non-hydrogen) atoms. The van der Waals surface area contributed by atoms with Crippen molar-refractivity contribution in [1.29, 1.82) is 0 Å².